The molecule has 2 atom stereocenters. The molecule has 1 amide bonds. The molecule has 1 aromatic rings. The molecular formula is C16H24N2O2S. The van der Waals surface area contributed by atoms with Gasteiger partial charge < -0.3 is 15.4 Å². The summed E-state index contributed by atoms with van der Waals surface area (Å²) in [5.74, 6) is 0.0782. The highest BCUT2D eigenvalue weighted by Crippen LogP contribution is 2.23. The van der Waals surface area contributed by atoms with Gasteiger partial charge in [-0.25, -0.2) is 0 Å². The van der Waals surface area contributed by atoms with E-state index in [2.05, 4.69) is 17.6 Å². The third kappa shape index (κ3) is 3.65. The molecule has 0 unspecified atom stereocenters. The summed E-state index contributed by atoms with van der Waals surface area (Å²) >= 11 is 1.67. The number of carbonyl (C=O) groups is 1. The van der Waals surface area contributed by atoms with Crippen LogP contribution >= 0.6 is 11.3 Å². The molecule has 1 saturated carbocycles. The van der Waals surface area contributed by atoms with Gasteiger partial charge in [-0.3, -0.25) is 4.79 Å². The molecule has 0 radical (unpaired) electrons. The first-order valence-corrected chi connectivity index (χ1v) is 8.86. The SMILES string of the molecule is CCc1cc(C(=O)N[C@H]2CC[C@H]2NC2CCOCC2)cs1. The zero-order valence-corrected chi connectivity index (χ0v) is 13.4. The lowest BCUT2D eigenvalue weighted by Crippen LogP contribution is -2.59. The fourth-order valence-corrected chi connectivity index (χ4v) is 3.79. The Morgan fingerprint density at radius 2 is 2.05 bits per heavy atom. The van der Waals surface area contributed by atoms with E-state index in [1.807, 2.05) is 11.4 Å². The van der Waals surface area contributed by atoms with E-state index >= 15 is 0 Å². The van der Waals surface area contributed by atoms with Crippen molar-refractivity contribution in [2.75, 3.05) is 13.2 Å². The largest absolute Gasteiger partial charge is 0.381 e. The van der Waals surface area contributed by atoms with Gasteiger partial charge in [0.25, 0.3) is 5.91 Å². The van der Waals surface area contributed by atoms with Gasteiger partial charge in [0.15, 0.2) is 0 Å². The van der Waals surface area contributed by atoms with Gasteiger partial charge in [0.1, 0.15) is 0 Å². The van der Waals surface area contributed by atoms with Crippen LogP contribution in [0, 0.1) is 0 Å². The lowest BCUT2D eigenvalue weighted by molar-refractivity contribution is 0.0652. The van der Waals surface area contributed by atoms with Crippen molar-refractivity contribution < 1.29 is 9.53 Å². The minimum atomic E-state index is 0.0782. The van der Waals surface area contributed by atoms with Gasteiger partial charge >= 0.3 is 0 Å². The first-order valence-electron chi connectivity index (χ1n) is 7.98. The van der Waals surface area contributed by atoms with Crippen LogP contribution in [0.5, 0.6) is 0 Å². The maximum absolute atomic E-state index is 12.3. The molecule has 0 bridgehead atoms. The number of hydrogen-bond donors (Lipinski definition) is 2. The van der Waals surface area contributed by atoms with E-state index in [0.717, 1.165) is 50.9 Å². The van der Waals surface area contributed by atoms with Crippen molar-refractivity contribution in [3.05, 3.63) is 21.9 Å². The highest BCUT2D eigenvalue weighted by Gasteiger charge is 2.34. The number of hydrogen-bond acceptors (Lipinski definition) is 4. The molecule has 2 aliphatic rings. The second kappa shape index (κ2) is 6.90. The van der Waals surface area contributed by atoms with Crippen molar-refractivity contribution in [3.63, 3.8) is 0 Å². The van der Waals surface area contributed by atoms with Crippen LogP contribution in [0.3, 0.4) is 0 Å². The smallest absolute Gasteiger partial charge is 0.252 e. The fraction of sp³-hybridized carbons (Fsp3) is 0.688. The van der Waals surface area contributed by atoms with Gasteiger partial charge in [-0.2, -0.15) is 0 Å². The number of nitrogens with one attached hydrogen (secondary N) is 2. The second-order valence-electron chi connectivity index (χ2n) is 5.97. The van der Waals surface area contributed by atoms with Crippen molar-refractivity contribution in [2.45, 2.75) is 57.2 Å². The molecule has 21 heavy (non-hydrogen) atoms. The topological polar surface area (TPSA) is 50.4 Å². The zero-order valence-electron chi connectivity index (χ0n) is 12.6. The summed E-state index contributed by atoms with van der Waals surface area (Å²) in [5, 5.41) is 8.84. The van der Waals surface area contributed by atoms with E-state index in [1.165, 1.54) is 4.88 Å². The normalized spacial score (nSPS) is 26.3. The molecule has 0 aromatic carbocycles. The molecule has 1 saturated heterocycles. The molecule has 3 rings (SSSR count). The van der Waals surface area contributed by atoms with E-state index in [1.54, 1.807) is 11.3 Å². The number of ether oxygens (including phenoxy) is 1. The molecule has 2 N–H and O–H groups in total. The molecule has 2 fully saturated rings. The van der Waals surface area contributed by atoms with Crippen LogP contribution in [0.4, 0.5) is 0 Å². The van der Waals surface area contributed by atoms with Crippen molar-refractivity contribution >= 4 is 17.2 Å². The monoisotopic (exact) mass is 308 g/mol. The fourth-order valence-electron chi connectivity index (χ4n) is 2.98. The van der Waals surface area contributed by atoms with E-state index in [0.29, 0.717) is 12.1 Å². The summed E-state index contributed by atoms with van der Waals surface area (Å²) < 4.78 is 5.39. The van der Waals surface area contributed by atoms with E-state index < -0.39 is 0 Å². The molecule has 2 heterocycles. The van der Waals surface area contributed by atoms with Gasteiger partial charge in [0.05, 0.1) is 5.56 Å². The molecule has 1 aliphatic heterocycles. The Hall–Kier alpha value is -0.910. The van der Waals surface area contributed by atoms with Crippen molar-refractivity contribution in [2.24, 2.45) is 0 Å². The predicted octanol–water partition coefficient (Wildman–Crippen LogP) is 2.34. The number of aryl methyl sites for hydroxylation is 1. The standard InChI is InChI=1S/C16H24N2O2S/c1-2-13-9-11(10-21-13)16(19)18-15-4-3-14(15)17-12-5-7-20-8-6-12/h9-10,12,14-15,17H,2-8H2,1H3,(H,18,19)/t14-,15+/m1/s1. The van der Waals surface area contributed by atoms with E-state index in [-0.39, 0.29) is 11.9 Å². The summed E-state index contributed by atoms with van der Waals surface area (Å²) in [7, 11) is 0. The second-order valence-corrected chi connectivity index (χ2v) is 6.97. The molecule has 4 nitrogen and oxygen atoms in total. The quantitative estimate of drug-likeness (QED) is 0.878. The summed E-state index contributed by atoms with van der Waals surface area (Å²) in [6, 6.07) is 3.28. The lowest BCUT2D eigenvalue weighted by atomic mass is 9.85. The number of carbonyl (C=O) groups excluding carboxylic acids is 1. The first-order chi connectivity index (χ1) is 10.3. The minimum absolute atomic E-state index is 0.0782. The predicted molar refractivity (Wildman–Crippen MR) is 84.9 cm³/mol. The van der Waals surface area contributed by atoms with Crippen molar-refractivity contribution in [1.29, 1.82) is 0 Å². The highest BCUT2D eigenvalue weighted by atomic mass is 32.1. The average molecular weight is 308 g/mol. The third-order valence-corrected chi connectivity index (χ3v) is 5.61. The van der Waals surface area contributed by atoms with Crippen LogP contribution in [0.25, 0.3) is 0 Å². The van der Waals surface area contributed by atoms with Crippen molar-refractivity contribution in [3.8, 4) is 0 Å². The Labute approximate surface area is 130 Å². The highest BCUT2D eigenvalue weighted by molar-refractivity contribution is 7.10. The maximum Gasteiger partial charge on any atom is 0.252 e. The van der Waals surface area contributed by atoms with Gasteiger partial charge in [-0.05, 0) is 38.2 Å². The Kier molecular flexibility index (Phi) is 4.93. The van der Waals surface area contributed by atoms with Crippen LogP contribution in [0.15, 0.2) is 11.4 Å². The summed E-state index contributed by atoms with van der Waals surface area (Å²) in [5.41, 5.74) is 0.813. The van der Waals surface area contributed by atoms with Gasteiger partial charge in [-0.1, -0.05) is 6.92 Å². The van der Waals surface area contributed by atoms with E-state index in [9.17, 15) is 4.79 Å². The molecule has 1 aromatic heterocycles. The van der Waals surface area contributed by atoms with Crippen molar-refractivity contribution in [1.82, 2.24) is 10.6 Å². The molecule has 116 valence electrons. The van der Waals surface area contributed by atoms with E-state index in [4.69, 9.17) is 4.74 Å². The molecule has 0 spiro atoms. The molecule has 5 heteroatoms. The Balaban J connectivity index is 1.49. The summed E-state index contributed by atoms with van der Waals surface area (Å²) in [6.45, 7) is 3.83. The van der Waals surface area contributed by atoms with Gasteiger partial charge in [0, 0.05) is 41.6 Å². The first kappa shape index (κ1) is 15.0. The Morgan fingerprint density at radius 3 is 2.67 bits per heavy atom. The number of amides is 1. The van der Waals surface area contributed by atoms with Crippen LogP contribution in [0.1, 0.15) is 47.8 Å². The lowest BCUT2D eigenvalue weighted by Gasteiger charge is -2.41. The van der Waals surface area contributed by atoms with Crippen LogP contribution in [-0.4, -0.2) is 37.2 Å². The minimum Gasteiger partial charge on any atom is -0.381 e. The number of rotatable bonds is 5. The molecule has 1 aliphatic carbocycles. The van der Waals surface area contributed by atoms with Crippen LogP contribution in [0.2, 0.25) is 0 Å². The maximum atomic E-state index is 12.3. The average Bonchev–Trinajstić information content (AvgIpc) is 2.99. The zero-order chi connectivity index (χ0) is 14.7. The Morgan fingerprint density at radius 1 is 1.29 bits per heavy atom. The molecular weight excluding hydrogens is 284 g/mol. The third-order valence-electron chi connectivity index (χ3n) is 4.53. The van der Waals surface area contributed by atoms with Crippen LogP contribution < -0.4 is 10.6 Å². The number of thiophene rings is 1. The van der Waals surface area contributed by atoms with Crippen LogP contribution in [-0.2, 0) is 11.2 Å². The van der Waals surface area contributed by atoms with Gasteiger partial charge in [-0.15, -0.1) is 11.3 Å². The Bertz CT molecular complexity index is 482. The summed E-state index contributed by atoms with van der Waals surface area (Å²) in [6.07, 6.45) is 5.40. The summed E-state index contributed by atoms with van der Waals surface area (Å²) in [4.78, 5) is 13.5. The van der Waals surface area contributed by atoms with Gasteiger partial charge in [0.2, 0.25) is 0 Å².